The highest BCUT2D eigenvalue weighted by Crippen LogP contribution is 2.38. The highest BCUT2D eigenvalue weighted by atomic mass is 79.9. The van der Waals surface area contributed by atoms with Gasteiger partial charge in [-0.25, -0.2) is 0 Å². The Balaban J connectivity index is 2.00. The summed E-state index contributed by atoms with van der Waals surface area (Å²) in [6.45, 7) is 0. The van der Waals surface area contributed by atoms with Gasteiger partial charge in [0.25, 0.3) is 0 Å². The molecule has 0 fully saturated rings. The number of hydrogen-bond donors (Lipinski definition) is 0. The lowest BCUT2D eigenvalue weighted by Crippen LogP contribution is -2.20. The molecule has 0 saturated carbocycles. The van der Waals surface area contributed by atoms with Gasteiger partial charge in [-0.15, -0.1) is 0 Å². The van der Waals surface area contributed by atoms with Crippen molar-refractivity contribution < 1.29 is 9.53 Å². The lowest BCUT2D eigenvalue weighted by molar-refractivity contribution is 0.0849. The molecule has 1 aliphatic heterocycles. The zero-order chi connectivity index (χ0) is 12.5. The first kappa shape index (κ1) is 11.5. The summed E-state index contributed by atoms with van der Waals surface area (Å²) in [5.74, 6) is 0.784. The van der Waals surface area contributed by atoms with Crippen LogP contribution in [-0.4, -0.2) is 5.78 Å². The van der Waals surface area contributed by atoms with Crippen molar-refractivity contribution in [3.63, 3.8) is 0 Å². The van der Waals surface area contributed by atoms with E-state index in [1.165, 1.54) is 0 Å². The molecule has 3 rings (SSSR count). The molecule has 0 saturated heterocycles. The summed E-state index contributed by atoms with van der Waals surface area (Å²) in [7, 11) is 0. The lowest BCUT2D eigenvalue weighted by atomic mass is 9.96. The first-order chi connectivity index (χ1) is 8.75. The molecule has 0 aromatic heterocycles. The smallest absolute Gasteiger partial charge is 0.171 e. The van der Waals surface area contributed by atoms with Gasteiger partial charge >= 0.3 is 0 Å². The normalized spacial score (nSPS) is 18.1. The van der Waals surface area contributed by atoms with Crippen molar-refractivity contribution in [3.05, 3.63) is 64.1 Å². The largest absolute Gasteiger partial charge is 0.484 e. The van der Waals surface area contributed by atoms with Crippen molar-refractivity contribution >= 4 is 21.7 Å². The molecule has 1 atom stereocenters. The van der Waals surface area contributed by atoms with Crippen LogP contribution in [0.25, 0.3) is 0 Å². The fraction of sp³-hybridized carbons (Fsp3) is 0.133. The molecular formula is C15H11BrO2. The van der Waals surface area contributed by atoms with Crippen molar-refractivity contribution in [1.82, 2.24) is 0 Å². The van der Waals surface area contributed by atoms with Crippen LogP contribution in [-0.2, 0) is 0 Å². The second-order valence-corrected chi connectivity index (χ2v) is 5.11. The summed E-state index contributed by atoms with van der Waals surface area (Å²) in [6.07, 6.45) is 0.208. The Morgan fingerprint density at radius 2 is 1.83 bits per heavy atom. The quantitative estimate of drug-likeness (QED) is 0.791. The van der Waals surface area contributed by atoms with Gasteiger partial charge in [-0.1, -0.05) is 36.4 Å². The first-order valence-corrected chi connectivity index (χ1v) is 6.58. The van der Waals surface area contributed by atoms with Crippen LogP contribution in [0.15, 0.2) is 53.0 Å². The fourth-order valence-electron chi connectivity index (χ4n) is 2.19. The Hall–Kier alpha value is -1.61. The van der Waals surface area contributed by atoms with E-state index in [0.29, 0.717) is 17.7 Å². The van der Waals surface area contributed by atoms with E-state index in [0.717, 1.165) is 10.0 Å². The van der Waals surface area contributed by atoms with E-state index < -0.39 is 0 Å². The Kier molecular flexibility index (Phi) is 2.92. The third-order valence-corrected chi connectivity index (χ3v) is 3.73. The van der Waals surface area contributed by atoms with Gasteiger partial charge in [0, 0.05) is 4.47 Å². The Morgan fingerprint density at radius 3 is 2.61 bits per heavy atom. The number of fused-ring (bicyclic) bond motifs is 1. The minimum atomic E-state index is -0.180. The molecule has 90 valence electrons. The predicted octanol–water partition coefficient (Wildman–Crippen LogP) is 4.16. The van der Waals surface area contributed by atoms with E-state index in [2.05, 4.69) is 15.9 Å². The van der Waals surface area contributed by atoms with E-state index in [9.17, 15) is 4.79 Å². The summed E-state index contributed by atoms with van der Waals surface area (Å²) in [6, 6.07) is 15.4. The molecular weight excluding hydrogens is 292 g/mol. The average molecular weight is 303 g/mol. The van der Waals surface area contributed by atoms with Gasteiger partial charge < -0.3 is 4.74 Å². The molecule has 0 aliphatic carbocycles. The number of rotatable bonds is 1. The summed E-state index contributed by atoms with van der Waals surface area (Å²) < 4.78 is 6.72. The summed E-state index contributed by atoms with van der Waals surface area (Å²) in [5.41, 5.74) is 1.70. The summed E-state index contributed by atoms with van der Waals surface area (Å²) >= 11 is 3.40. The molecule has 0 spiro atoms. The van der Waals surface area contributed by atoms with Crippen molar-refractivity contribution in [2.75, 3.05) is 0 Å². The molecule has 0 bridgehead atoms. The van der Waals surface area contributed by atoms with Gasteiger partial charge in [0.1, 0.15) is 11.9 Å². The number of carbonyl (C=O) groups is 1. The lowest BCUT2D eigenvalue weighted by Gasteiger charge is -2.26. The number of halogens is 1. The van der Waals surface area contributed by atoms with E-state index in [1.807, 2.05) is 48.5 Å². The van der Waals surface area contributed by atoms with Gasteiger partial charge in [0.15, 0.2) is 5.78 Å². The van der Waals surface area contributed by atoms with Crippen LogP contribution in [0, 0.1) is 0 Å². The third-order valence-electron chi connectivity index (χ3n) is 3.07. The van der Waals surface area contributed by atoms with Crippen LogP contribution in [0.5, 0.6) is 5.75 Å². The van der Waals surface area contributed by atoms with Gasteiger partial charge in [-0.05, 0) is 33.6 Å². The van der Waals surface area contributed by atoms with E-state index >= 15 is 0 Å². The molecule has 2 aromatic carbocycles. The second kappa shape index (κ2) is 4.58. The number of hydrogen-bond acceptors (Lipinski definition) is 2. The Bertz CT molecular complexity index is 593. The number of Topliss-reactive ketones (excluding diaryl/α,β-unsaturated/α-hetero) is 1. The molecule has 1 heterocycles. The molecule has 1 aliphatic rings. The highest BCUT2D eigenvalue weighted by Gasteiger charge is 2.28. The number of ether oxygens (including phenoxy) is 1. The maximum Gasteiger partial charge on any atom is 0.171 e. The maximum absolute atomic E-state index is 12.2. The molecule has 2 aromatic rings. The molecule has 0 radical (unpaired) electrons. The van der Waals surface area contributed by atoms with Crippen LogP contribution in [0.2, 0.25) is 0 Å². The SMILES string of the molecule is O=C1CC(c2ccccc2)Oc2cccc(Br)c21. The van der Waals surface area contributed by atoms with Gasteiger partial charge in [0.2, 0.25) is 0 Å². The van der Waals surface area contributed by atoms with Crippen LogP contribution in [0.1, 0.15) is 28.4 Å². The van der Waals surface area contributed by atoms with Crippen molar-refractivity contribution in [2.45, 2.75) is 12.5 Å². The maximum atomic E-state index is 12.2. The fourth-order valence-corrected chi connectivity index (χ4v) is 2.76. The third kappa shape index (κ3) is 1.95. The molecule has 0 N–H and O–H groups in total. The van der Waals surface area contributed by atoms with Crippen LogP contribution in [0.4, 0.5) is 0 Å². The number of carbonyl (C=O) groups excluding carboxylic acids is 1. The average Bonchev–Trinajstić information content (AvgIpc) is 2.39. The monoisotopic (exact) mass is 302 g/mol. The minimum Gasteiger partial charge on any atom is -0.484 e. The van der Waals surface area contributed by atoms with E-state index in [1.54, 1.807) is 0 Å². The van der Waals surface area contributed by atoms with Crippen molar-refractivity contribution in [1.29, 1.82) is 0 Å². The summed E-state index contributed by atoms with van der Waals surface area (Å²) in [4.78, 5) is 12.2. The second-order valence-electron chi connectivity index (χ2n) is 4.26. The zero-order valence-corrected chi connectivity index (χ0v) is 11.2. The van der Waals surface area contributed by atoms with Gasteiger partial charge in [0.05, 0.1) is 12.0 Å². The summed E-state index contributed by atoms with van der Waals surface area (Å²) in [5, 5.41) is 0. The highest BCUT2D eigenvalue weighted by molar-refractivity contribution is 9.10. The standard InChI is InChI=1S/C15H11BrO2/c16-11-7-4-8-13-15(11)12(17)9-14(18-13)10-5-2-1-3-6-10/h1-8,14H,9H2. The molecule has 1 unspecified atom stereocenters. The topological polar surface area (TPSA) is 26.3 Å². The molecule has 0 amide bonds. The minimum absolute atomic E-state index is 0.123. The Labute approximate surface area is 114 Å². The zero-order valence-electron chi connectivity index (χ0n) is 9.60. The van der Waals surface area contributed by atoms with Crippen LogP contribution < -0.4 is 4.74 Å². The van der Waals surface area contributed by atoms with Crippen molar-refractivity contribution in [3.8, 4) is 5.75 Å². The van der Waals surface area contributed by atoms with Crippen LogP contribution >= 0.6 is 15.9 Å². The Morgan fingerprint density at radius 1 is 1.06 bits per heavy atom. The van der Waals surface area contributed by atoms with Gasteiger partial charge in [-0.3, -0.25) is 4.79 Å². The molecule has 18 heavy (non-hydrogen) atoms. The first-order valence-electron chi connectivity index (χ1n) is 5.79. The number of ketones is 1. The predicted molar refractivity (Wildman–Crippen MR) is 72.9 cm³/mol. The molecule has 2 nitrogen and oxygen atoms in total. The van der Waals surface area contributed by atoms with E-state index in [-0.39, 0.29) is 11.9 Å². The van der Waals surface area contributed by atoms with Crippen LogP contribution in [0.3, 0.4) is 0 Å². The van der Waals surface area contributed by atoms with Gasteiger partial charge in [-0.2, -0.15) is 0 Å². The molecule has 3 heteroatoms. The number of benzene rings is 2. The van der Waals surface area contributed by atoms with E-state index in [4.69, 9.17) is 4.74 Å². The van der Waals surface area contributed by atoms with Crippen molar-refractivity contribution in [2.24, 2.45) is 0 Å².